The van der Waals surface area contributed by atoms with Gasteiger partial charge in [-0.25, -0.2) is 0 Å². The Bertz CT molecular complexity index is 628. The number of rotatable bonds is 3. The van der Waals surface area contributed by atoms with Crippen LogP contribution in [0.5, 0.6) is 0 Å². The summed E-state index contributed by atoms with van der Waals surface area (Å²) in [5.74, 6) is -0.395. The lowest BCUT2D eigenvalue weighted by Gasteiger charge is -2.22. The SMILES string of the molecule is CC(C)(C)OC(=O)[C@@H](N)Cc1c[nH]c2ccc(Cl)cc12. The summed E-state index contributed by atoms with van der Waals surface area (Å²) in [4.78, 5) is 15.0. The maximum atomic E-state index is 11.9. The Balaban J connectivity index is 2.15. The normalized spacial score (nSPS) is 13.4. The highest BCUT2D eigenvalue weighted by atomic mass is 35.5. The summed E-state index contributed by atoms with van der Waals surface area (Å²) in [6.07, 6.45) is 2.26. The third-order valence-corrected chi connectivity index (χ3v) is 3.11. The van der Waals surface area contributed by atoms with E-state index in [0.717, 1.165) is 16.5 Å². The van der Waals surface area contributed by atoms with Crippen molar-refractivity contribution in [1.82, 2.24) is 4.98 Å². The van der Waals surface area contributed by atoms with Gasteiger partial charge in [-0.15, -0.1) is 0 Å². The third-order valence-electron chi connectivity index (χ3n) is 2.88. The van der Waals surface area contributed by atoms with Crippen molar-refractivity contribution in [3.63, 3.8) is 0 Å². The van der Waals surface area contributed by atoms with Crippen molar-refractivity contribution in [3.05, 3.63) is 35.0 Å². The number of ether oxygens (including phenoxy) is 1. The molecule has 2 rings (SSSR count). The fraction of sp³-hybridized carbons (Fsp3) is 0.400. The first-order valence-electron chi connectivity index (χ1n) is 6.50. The number of halogens is 1. The maximum absolute atomic E-state index is 11.9. The molecule has 2 aromatic rings. The van der Waals surface area contributed by atoms with Gasteiger partial charge >= 0.3 is 5.97 Å². The van der Waals surface area contributed by atoms with Crippen LogP contribution in [0.25, 0.3) is 10.9 Å². The summed E-state index contributed by atoms with van der Waals surface area (Å²) < 4.78 is 5.28. The molecule has 1 aromatic heterocycles. The largest absolute Gasteiger partial charge is 0.459 e. The highest BCUT2D eigenvalue weighted by molar-refractivity contribution is 6.31. The highest BCUT2D eigenvalue weighted by Gasteiger charge is 2.23. The van der Waals surface area contributed by atoms with Crippen LogP contribution in [0.4, 0.5) is 0 Å². The van der Waals surface area contributed by atoms with Gasteiger partial charge in [0.25, 0.3) is 0 Å². The molecule has 1 aromatic carbocycles. The summed E-state index contributed by atoms with van der Waals surface area (Å²) >= 11 is 6.00. The lowest BCUT2D eigenvalue weighted by molar-refractivity contribution is -0.156. The quantitative estimate of drug-likeness (QED) is 0.855. The van der Waals surface area contributed by atoms with E-state index in [9.17, 15) is 4.79 Å². The first kappa shape index (κ1) is 14.9. The van der Waals surface area contributed by atoms with E-state index in [1.54, 1.807) is 0 Å². The van der Waals surface area contributed by atoms with Crippen molar-refractivity contribution in [2.24, 2.45) is 5.73 Å². The average Bonchev–Trinajstić information content (AvgIpc) is 2.69. The molecule has 1 atom stereocenters. The highest BCUT2D eigenvalue weighted by Crippen LogP contribution is 2.23. The summed E-state index contributed by atoms with van der Waals surface area (Å²) in [6.45, 7) is 5.47. The monoisotopic (exact) mass is 294 g/mol. The van der Waals surface area contributed by atoms with Gasteiger partial charge in [0, 0.05) is 28.5 Å². The number of H-pyrrole nitrogens is 1. The molecule has 108 valence electrons. The van der Waals surface area contributed by atoms with Gasteiger partial charge in [-0.05, 0) is 44.5 Å². The number of nitrogens with one attached hydrogen (secondary N) is 1. The molecule has 0 aliphatic rings. The number of esters is 1. The molecule has 0 radical (unpaired) electrons. The van der Waals surface area contributed by atoms with Crippen LogP contribution in [0.2, 0.25) is 5.02 Å². The van der Waals surface area contributed by atoms with Gasteiger partial charge in [-0.1, -0.05) is 11.6 Å². The summed E-state index contributed by atoms with van der Waals surface area (Å²) in [5, 5.41) is 1.64. The number of fused-ring (bicyclic) bond motifs is 1. The molecule has 0 unspecified atom stereocenters. The number of carbonyl (C=O) groups excluding carboxylic acids is 1. The van der Waals surface area contributed by atoms with Crippen LogP contribution < -0.4 is 5.73 Å². The van der Waals surface area contributed by atoms with Crippen molar-refractivity contribution in [3.8, 4) is 0 Å². The Morgan fingerprint density at radius 1 is 1.45 bits per heavy atom. The van der Waals surface area contributed by atoms with Crippen molar-refractivity contribution in [1.29, 1.82) is 0 Å². The topological polar surface area (TPSA) is 68.1 Å². The fourth-order valence-corrected chi connectivity index (χ4v) is 2.19. The lowest BCUT2D eigenvalue weighted by Crippen LogP contribution is -2.38. The molecule has 0 saturated carbocycles. The maximum Gasteiger partial charge on any atom is 0.323 e. The van der Waals surface area contributed by atoms with Crippen LogP contribution >= 0.6 is 11.6 Å². The van der Waals surface area contributed by atoms with Crippen LogP contribution in [0, 0.1) is 0 Å². The smallest absolute Gasteiger partial charge is 0.323 e. The molecule has 0 spiro atoms. The Labute approximate surface area is 123 Å². The molecule has 0 bridgehead atoms. The molecule has 0 aliphatic carbocycles. The first-order valence-corrected chi connectivity index (χ1v) is 6.88. The molecule has 0 aliphatic heterocycles. The van der Waals surface area contributed by atoms with E-state index in [1.165, 1.54) is 0 Å². The van der Waals surface area contributed by atoms with Crippen LogP contribution in [0.1, 0.15) is 26.3 Å². The number of hydrogen-bond donors (Lipinski definition) is 2. The Morgan fingerprint density at radius 3 is 2.80 bits per heavy atom. The number of aromatic nitrogens is 1. The van der Waals surface area contributed by atoms with Gasteiger partial charge in [0.1, 0.15) is 11.6 Å². The van der Waals surface area contributed by atoms with Crippen molar-refractivity contribution in [2.45, 2.75) is 38.8 Å². The van der Waals surface area contributed by atoms with Gasteiger partial charge in [0.05, 0.1) is 0 Å². The average molecular weight is 295 g/mol. The predicted octanol–water partition coefficient (Wildman–Crippen LogP) is 3.03. The second-order valence-electron chi connectivity index (χ2n) is 5.85. The van der Waals surface area contributed by atoms with Crippen LogP contribution in [-0.4, -0.2) is 22.6 Å². The summed E-state index contributed by atoms with van der Waals surface area (Å²) in [5.41, 5.74) is 7.33. The molecule has 0 fully saturated rings. The Hall–Kier alpha value is -1.52. The van der Waals surface area contributed by atoms with E-state index in [-0.39, 0.29) is 0 Å². The Kier molecular flexibility index (Phi) is 4.06. The van der Waals surface area contributed by atoms with E-state index >= 15 is 0 Å². The summed E-state index contributed by atoms with van der Waals surface area (Å²) in [6, 6.07) is 4.90. The van der Waals surface area contributed by atoms with Gasteiger partial charge in [0.2, 0.25) is 0 Å². The van der Waals surface area contributed by atoms with E-state index in [1.807, 2.05) is 45.2 Å². The second kappa shape index (κ2) is 5.46. The molecule has 0 amide bonds. The molecular formula is C15H19ClN2O2. The first-order chi connectivity index (χ1) is 9.26. The minimum absolute atomic E-state index is 0.395. The van der Waals surface area contributed by atoms with Crippen molar-refractivity contribution in [2.75, 3.05) is 0 Å². The zero-order valence-electron chi connectivity index (χ0n) is 11.9. The molecule has 5 heteroatoms. The molecule has 3 N–H and O–H groups in total. The zero-order valence-corrected chi connectivity index (χ0v) is 12.6. The fourth-order valence-electron chi connectivity index (χ4n) is 2.02. The summed E-state index contributed by atoms with van der Waals surface area (Å²) in [7, 11) is 0. The number of carbonyl (C=O) groups is 1. The third kappa shape index (κ3) is 3.52. The standard InChI is InChI=1S/C15H19ClN2O2/c1-15(2,3)20-14(19)12(17)6-9-8-18-13-5-4-10(16)7-11(9)13/h4-5,7-8,12,18H,6,17H2,1-3H3/t12-/m0/s1. The van der Waals surface area contributed by atoms with E-state index in [2.05, 4.69) is 4.98 Å². The van der Waals surface area contributed by atoms with Crippen LogP contribution in [0.3, 0.4) is 0 Å². The number of benzene rings is 1. The number of nitrogens with two attached hydrogens (primary N) is 1. The minimum Gasteiger partial charge on any atom is -0.459 e. The van der Waals surface area contributed by atoms with Crippen molar-refractivity contribution < 1.29 is 9.53 Å². The van der Waals surface area contributed by atoms with Gasteiger partial charge in [-0.2, -0.15) is 0 Å². The molecule has 4 nitrogen and oxygen atoms in total. The number of aromatic amines is 1. The van der Waals surface area contributed by atoms with Gasteiger partial charge < -0.3 is 15.5 Å². The van der Waals surface area contributed by atoms with Gasteiger partial charge in [-0.3, -0.25) is 4.79 Å². The minimum atomic E-state index is -0.688. The Morgan fingerprint density at radius 2 is 2.15 bits per heavy atom. The van der Waals surface area contributed by atoms with Gasteiger partial charge in [0.15, 0.2) is 0 Å². The molecule has 20 heavy (non-hydrogen) atoms. The van der Waals surface area contributed by atoms with Crippen molar-refractivity contribution >= 4 is 28.5 Å². The zero-order chi connectivity index (χ0) is 14.9. The van der Waals surface area contributed by atoms with Crippen LogP contribution in [0.15, 0.2) is 24.4 Å². The van der Waals surface area contributed by atoms with E-state index in [4.69, 9.17) is 22.1 Å². The van der Waals surface area contributed by atoms with E-state index in [0.29, 0.717) is 11.4 Å². The molecule has 1 heterocycles. The lowest BCUT2D eigenvalue weighted by atomic mass is 10.1. The van der Waals surface area contributed by atoms with Crippen LogP contribution in [-0.2, 0) is 16.0 Å². The predicted molar refractivity (Wildman–Crippen MR) is 80.8 cm³/mol. The molecule has 0 saturated heterocycles. The van der Waals surface area contributed by atoms with E-state index < -0.39 is 17.6 Å². The second-order valence-corrected chi connectivity index (χ2v) is 6.28. The molecular weight excluding hydrogens is 276 g/mol. The number of hydrogen-bond acceptors (Lipinski definition) is 3.